The quantitative estimate of drug-likeness (QED) is 0.190. The third-order valence-corrected chi connectivity index (χ3v) is 12.9. The average Bonchev–Trinajstić information content (AvgIpc) is 3.86. The zero-order valence-electron chi connectivity index (χ0n) is 31.3. The Bertz CT molecular complexity index is 3430. The molecule has 1 unspecified atom stereocenters. The summed E-state index contributed by atoms with van der Waals surface area (Å²) in [5.41, 5.74) is 12.9. The van der Waals surface area contributed by atoms with E-state index in [0.29, 0.717) is 0 Å². The molecule has 0 aliphatic carbocycles. The molecular weight excluding hydrogens is 725 g/mol. The zero-order chi connectivity index (χ0) is 38.2. The van der Waals surface area contributed by atoms with Gasteiger partial charge in [-0.1, -0.05) is 152 Å². The van der Waals surface area contributed by atoms with Crippen LogP contribution in [-0.4, -0.2) is 5.71 Å². The van der Waals surface area contributed by atoms with Crippen LogP contribution in [0.25, 0.3) is 87.0 Å². The van der Waals surface area contributed by atoms with E-state index < -0.39 is 0 Å². The number of aliphatic imine (C=N–C) groups is 1. The summed E-state index contributed by atoms with van der Waals surface area (Å²) < 4.78 is 8.14. The highest BCUT2D eigenvalue weighted by Crippen LogP contribution is 2.46. The van der Waals surface area contributed by atoms with Gasteiger partial charge < -0.3 is 9.73 Å². The summed E-state index contributed by atoms with van der Waals surface area (Å²) in [4.78, 5) is 6.82. The number of furan rings is 1. The Morgan fingerprint density at radius 3 is 1.78 bits per heavy atom. The summed E-state index contributed by atoms with van der Waals surface area (Å²) in [6.07, 6.45) is -0.376. The molecule has 11 aromatic rings. The normalized spacial score (nSPS) is 13.9. The largest absolute Gasteiger partial charge is 0.456 e. The van der Waals surface area contributed by atoms with Gasteiger partial charge in [0.2, 0.25) is 0 Å². The van der Waals surface area contributed by atoms with Gasteiger partial charge in [-0.05, 0) is 97.4 Å². The molecule has 1 aliphatic heterocycles. The summed E-state index contributed by atoms with van der Waals surface area (Å²) >= 11 is 1.80. The fraction of sp³-hybridized carbons (Fsp3) is 0.0185. The van der Waals surface area contributed by atoms with E-state index in [-0.39, 0.29) is 6.17 Å². The van der Waals surface area contributed by atoms with Gasteiger partial charge in [-0.2, -0.15) is 0 Å². The molecule has 0 fully saturated rings. The molecule has 1 N–H and O–H groups in total. The lowest BCUT2D eigenvalue weighted by molar-refractivity contribution is 0.668. The van der Waals surface area contributed by atoms with Crippen molar-refractivity contribution in [3.63, 3.8) is 0 Å². The molecule has 0 saturated carbocycles. The Morgan fingerprint density at radius 1 is 0.431 bits per heavy atom. The molecule has 0 radical (unpaired) electrons. The molecular formula is C54H34N2OS. The number of nitrogens with zero attached hydrogens (tertiary/aromatic N) is 1. The summed E-state index contributed by atoms with van der Waals surface area (Å²) in [5, 5.41) is 12.2. The third-order valence-electron chi connectivity index (χ3n) is 11.7. The molecule has 0 amide bonds. The Balaban J connectivity index is 1.07. The predicted octanol–water partition coefficient (Wildman–Crippen LogP) is 15.1. The first-order valence-corrected chi connectivity index (χ1v) is 20.5. The molecule has 0 saturated heterocycles. The molecule has 9 aromatic carbocycles. The molecule has 3 heterocycles. The van der Waals surface area contributed by atoms with Crippen LogP contribution in [0.1, 0.15) is 22.2 Å². The van der Waals surface area contributed by atoms with E-state index in [2.05, 4.69) is 199 Å². The van der Waals surface area contributed by atoms with Crippen LogP contribution >= 0.6 is 11.3 Å². The van der Waals surface area contributed by atoms with Gasteiger partial charge in [0.25, 0.3) is 0 Å². The Morgan fingerprint density at radius 2 is 1.00 bits per heavy atom. The van der Waals surface area contributed by atoms with E-state index in [4.69, 9.17) is 9.41 Å². The van der Waals surface area contributed by atoms with E-state index in [0.717, 1.165) is 71.6 Å². The maximum atomic E-state index is 6.90. The second-order valence-corrected chi connectivity index (χ2v) is 16.2. The Kier molecular flexibility index (Phi) is 7.47. The van der Waals surface area contributed by atoms with E-state index in [1.165, 1.54) is 42.8 Å². The van der Waals surface area contributed by atoms with Crippen LogP contribution in [0.5, 0.6) is 0 Å². The predicted molar refractivity (Wildman–Crippen MR) is 245 cm³/mol. The van der Waals surface area contributed by atoms with Crippen LogP contribution in [0, 0.1) is 0 Å². The summed E-state index contributed by atoms with van der Waals surface area (Å²) in [6.45, 7) is 0. The van der Waals surface area contributed by atoms with Crippen molar-refractivity contribution in [1.29, 1.82) is 0 Å². The van der Waals surface area contributed by atoms with E-state index >= 15 is 0 Å². The highest BCUT2D eigenvalue weighted by Gasteiger charge is 2.29. The fourth-order valence-electron chi connectivity index (χ4n) is 8.76. The molecule has 272 valence electrons. The topological polar surface area (TPSA) is 37.5 Å². The van der Waals surface area contributed by atoms with Crippen LogP contribution in [0.2, 0.25) is 0 Å². The van der Waals surface area contributed by atoms with Gasteiger partial charge in [0.15, 0.2) is 0 Å². The number of benzene rings is 9. The monoisotopic (exact) mass is 758 g/mol. The first-order chi connectivity index (χ1) is 28.7. The number of rotatable bonds is 5. The lowest BCUT2D eigenvalue weighted by Crippen LogP contribution is -2.19. The van der Waals surface area contributed by atoms with Crippen LogP contribution in [0.3, 0.4) is 0 Å². The summed E-state index contributed by atoms with van der Waals surface area (Å²) in [5.74, 6) is 0. The van der Waals surface area contributed by atoms with Crippen molar-refractivity contribution in [1.82, 2.24) is 0 Å². The Hall–Kier alpha value is -7.27. The van der Waals surface area contributed by atoms with Crippen molar-refractivity contribution >= 4 is 76.3 Å². The lowest BCUT2D eigenvalue weighted by Gasteiger charge is -2.25. The van der Waals surface area contributed by atoms with Crippen molar-refractivity contribution in [3.8, 4) is 33.4 Å². The number of fused-ring (bicyclic) bond motifs is 8. The highest BCUT2D eigenvalue weighted by atomic mass is 32.1. The average molecular weight is 759 g/mol. The number of hydrogen-bond donors (Lipinski definition) is 1. The smallest absolute Gasteiger partial charge is 0.146 e. The second kappa shape index (κ2) is 13.2. The Labute approximate surface area is 339 Å². The third kappa shape index (κ3) is 5.45. The van der Waals surface area contributed by atoms with Crippen molar-refractivity contribution < 1.29 is 4.42 Å². The molecule has 4 heteroatoms. The van der Waals surface area contributed by atoms with Crippen molar-refractivity contribution in [2.75, 3.05) is 5.32 Å². The summed E-state index contributed by atoms with van der Waals surface area (Å²) in [6, 6.07) is 69.7. The molecule has 58 heavy (non-hydrogen) atoms. The van der Waals surface area contributed by atoms with Gasteiger partial charge in [0.1, 0.15) is 17.3 Å². The van der Waals surface area contributed by atoms with E-state index in [9.17, 15) is 0 Å². The van der Waals surface area contributed by atoms with Crippen molar-refractivity contribution in [2.24, 2.45) is 4.99 Å². The molecule has 0 bridgehead atoms. The molecule has 12 rings (SSSR count). The van der Waals surface area contributed by atoms with E-state index in [1.807, 2.05) is 0 Å². The molecule has 0 spiro atoms. The fourth-order valence-corrected chi connectivity index (χ4v) is 9.94. The van der Waals surface area contributed by atoms with Crippen molar-refractivity contribution in [3.05, 3.63) is 210 Å². The van der Waals surface area contributed by atoms with Gasteiger partial charge in [0.05, 0.1) is 16.3 Å². The highest BCUT2D eigenvalue weighted by molar-refractivity contribution is 7.22. The minimum atomic E-state index is -0.376. The standard InChI is InChI=1S/C54H34N2OS/c1-2-10-33(11-3-1)36-18-20-37(21-19-36)43-30-46(50-44-27-26-41(31-47(44)57-48(50)32-43)40-24-22-34-12-4-6-14-38(34)28-40)54-55-51(42-25-23-35-13-5-7-15-39(35)29-42)53-52(56-54)45-16-8-9-17-49(45)58-53/h1-32,54,56H. The minimum Gasteiger partial charge on any atom is -0.456 e. The van der Waals surface area contributed by atoms with E-state index in [1.54, 1.807) is 11.3 Å². The molecule has 2 aromatic heterocycles. The second-order valence-electron chi connectivity index (χ2n) is 15.1. The van der Waals surface area contributed by atoms with Crippen molar-refractivity contribution in [2.45, 2.75) is 6.17 Å². The number of nitrogens with one attached hydrogen (secondary N) is 1. The number of thiophene rings is 1. The van der Waals surface area contributed by atoms with Crippen LogP contribution in [-0.2, 0) is 0 Å². The van der Waals surface area contributed by atoms with Crippen LogP contribution in [0.15, 0.2) is 204 Å². The number of hydrogen-bond acceptors (Lipinski definition) is 4. The van der Waals surface area contributed by atoms with Gasteiger partial charge in [-0.25, -0.2) is 0 Å². The maximum Gasteiger partial charge on any atom is 0.146 e. The first-order valence-electron chi connectivity index (χ1n) is 19.7. The van der Waals surface area contributed by atoms with Crippen LogP contribution < -0.4 is 5.32 Å². The molecule has 1 aliphatic rings. The molecule has 3 nitrogen and oxygen atoms in total. The molecule has 1 atom stereocenters. The zero-order valence-corrected chi connectivity index (χ0v) is 32.1. The minimum absolute atomic E-state index is 0.376. The van der Waals surface area contributed by atoms with Gasteiger partial charge in [-0.15, -0.1) is 11.3 Å². The van der Waals surface area contributed by atoms with Gasteiger partial charge in [-0.3, -0.25) is 4.99 Å². The maximum absolute atomic E-state index is 6.90. The van der Waals surface area contributed by atoms with Gasteiger partial charge in [0, 0.05) is 32.0 Å². The summed E-state index contributed by atoms with van der Waals surface area (Å²) in [7, 11) is 0. The van der Waals surface area contributed by atoms with Crippen LogP contribution in [0.4, 0.5) is 5.69 Å². The van der Waals surface area contributed by atoms with Gasteiger partial charge >= 0.3 is 0 Å². The number of anilines is 1. The lowest BCUT2D eigenvalue weighted by atomic mass is 9.94. The SMILES string of the molecule is c1ccc(-c2ccc(-c3cc(C4N=C(c5ccc6ccccc6c5)c5sc6ccccc6c5N4)c4c(c3)oc3cc(-c5ccc6ccccc6c5)ccc34)cc2)cc1. The first kappa shape index (κ1) is 32.9.